The van der Waals surface area contributed by atoms with Crippen molar-refractivity contribution in [1.29, 1.82) is 0 Å². The molecule has 3 aromatic rings. The van der Waals surface area contributed by atoms with Crippen LogP contribution in [0, 0.1) is 0 Å². The van der Waals surface area contributed by atoms with E-state index in [4.69, 9.17) is 9.73 Å². The second-order valence-corrected chi connectivity index (χ2v) is 8.96. The van der Waals surface area contributed by atoms with Crippen LogP contribution in [0.1, 0.15) is 73.9 Å². The predicted octanol–water partition coefficient (Wildman–Crippen LogP) is 7.64. The van der Waals surface area contributed by atoms with E-state index >= 15 is 0 Å². The van der Waals surface area contributed by atoms with E-state index in [1.54, 1.807) is 19.5 Å². The molecule has 0 atom stereocenters. The van der Waals surface area contributed by atoms with Crippen molar-refractivity contribution in [2.24, 2.45) is 9.98 Å². The Balaban J connectivity index is 2.03. The molecule has 0 fully saturated rings. The van der Waals surface area contributed by atoms with Gasteiger partial charge in [-0.25, -0.2) is 0 Å². The van der Waals surface area contributed by atoms with Gasteiger partial charge in [0.25, 0.3) is 0 Å². The third-order valence-electron chi connectivity index (χ3n) is 6.26. The van der Waals surface area contributed by atoms with Crippen molar-refractivity contribution in [3.05, 3.63) is 75.8 Å². The molecule has 190 valence electrons. The fourth-order valence-corrected chi connectivity index (χ4v) is 4.30. The maximum absolute atomic E-state index is 10.8. The van der Waals surface area contributed by atoms with Crippen LogP contribution >= 0.6 is 0 Å². The summed E-state index contributed by atoms with van der Waals surface area (Å²) in [5, 5.41) is 21.5. The summed E-state index contributed by atoms with van der Waals surface area (Å²) in [4.78, 5) is 9.38. The summed E-state index contributed by atoms with van der Waals surface area (Å²) in [7, 11) is 1.61. The van der Waals surface area contributed by atoms with Crippen molar-refractivity contribution >= 4 is 23.8 Å². The van der Waals surface area contributed by atoms with Gasteiger partial charge in [-0.05, 0) is 72.2 Å². The van der Waals surface area contributed by atoms with Crippen LogP contribution in [-0.2, 0) is 25.7 Å². The summed E-state index contributed by atoms with van der Waals surface area (Å²) < 4.78 is 5.41. The number of hydrogen-bond donors (Lipinski definition) is 2. The molecule has 0 heterocycles. The van der Waals surface area contributed by atoms with Crippen molar-refractivity contribution in [3.63, 3.8) is 0 Å². The molecule has 0 spiro atoms. The van der Waals surface area contributed by atoms with Gasteiger partial charge in [0.1, 0.15) is 17.2 Å². The third-order valence-corrected chi connectivity index (χ3v) is 6.26. The standard InChI is InChI=1S/C31H38N2O3/c1-6-10-21-14-23(8-3)30(34)25(16-21)19-32-28-13-12-27(36-5)18-29(28)33-20-26-17-22(11-7-2)15-24(9-4)31(26)35/h12-20,34-35H,6-11H2,1-5H3. The van der Waals surface area contributed by atoms with Crippen molar-refractivity contribution < 1.29 is 14.9 Å². The zero-order chi connectivity index (χ0) is 26.1. The van der Waals surface area contributed by atoms with E-state index in [1.807, 2.05) is 44.2 Å². The average molecular weight is 487 g/mol. The summed E-state index contributed by atoms with van der Waals surface area (Å²) in [5.41, 5.74) is 6.86. The highest BCUT2D eigenvalue weighted by Crippen LogP contribution is 2.34. The van der Waals surface area contributed by atoms with Crippen LogP contribution < -0.4 is 4.74 Å². The molecule has 0 aliphatic carbocycles. The van der Waals surface area contributed by atoms with Gasteiger partial charge in [-0.15, -0.1) is 0 Å². The van der Waals surface area contributed by atoms with Crippen LogP contribution in [-0.4, -0.2) is 29.8 Å². The minimum absolute atomic E-state index is 0.263. The minimum Gasteiger partial charge on any atom is -0.507 e. The zero-order valence-electron chi connectivity index (χ0n) is 22.1. The lowest BCUT2D eigenvalue weighted by atomic mass is 10.00. The molecule has 0 radical (unpaired) electrons. The van der Waals surface area contributed by atoms with E-state index in [-0.39, 0.29) is 11.5 Å². The molecule has 3 rings (SSSR count). The Hall–Kier alpha value is -3.60. The number of ether oxygens (including phenoxy) is 1. The Kier molecular flexibility index (Phi) is 9.69. The number of hydrogen-bond acceptors (Lipinski definition) is 5. The molecule has 0 unspecified atom stereocenters. The number of aliphatic imine (C=N–C) groups is 2. The molecule has 0 aliphatic rings. The Bertz CT molecular complexity index is 1250. The first-order valence-corrected chi connectivity index (χ1v) is 12.9. The van der Waals surface area contributed by atoms with Crippen LogP contribution in [0.5, 0.6) is 17.2 Å². The number of benzene rings is 3. The maximum atomic E-state index is 10.8. The van der Waals surface area contributed by atoms with E-state index in [0.29, 0.717) is 28.3 Å². The highest BCUT2D eigenvalue weighted by molar-refractivity contribution is 5.90. The second kappa shape index (κ2) is 12.9. The van der Waals surface area contributed by atoms with E-state index in [0.717, 1.165) is 49.7 Å². The van der Waals surface area contributed by atoms with Crippen LogP contribution in [0.15, 0.2) is 52.4 Å². The van der Waals surface area contributed by atoms with Crippen molar-refractivity contribution in [1.82, 2.24) is 0 Å². The van der Waals surface area contributed by atoms with Gasteiger partial charge in [-0.2, -0.15) is 0 Å². The van der Waals surface area contributed by atoms with Crippen LogP contribution in [0.4, 0.5) is 11.4 Å². The first-order valence-electron chi connectivity index (χ1n) is 12.9. The maximum Gasteiger partial charge on any atom is 0.127 e. The summed E-state index contributed by atoms with van der Waals surface area (Å²) in [6, 6.07) is 13.6. The van der Waals surface area contributed by atoms with Gasteiger partial charge >= 0.3 is 0 Å². The second-order valence-electron chi connectivity index (χ2n) is 8.96. The summed E-state index contributed by atoms with van der Waals surface area (Å²) in [6.45, 7) is 8.37. The highest BCUT2D eigenvalue weighted by atomic mass is 16.5. The lowest BCUT2D eigenvalue weighted by molar-refractivity contribution is 0.415. The number of nitrogens with zero attached hydrogens (tertiary/aromatic N) is 2. The van der Waals surface area contributed by atoms with Crippen molar-refractivity contribution in [3.8, 4) is 17.2 Å². The smallest absolute Gasteiger partial charge is 0.127 e. The quantitative estimate of drug-likeness (QED) is 0.274. The van der Waals surface area contributed by atoms with E-state index in [9.17, 15) is 10.2 Å². The molecule has 0 amide bonds. The molecule has 3 aromatic carbocycles. The van der Waals surface area contributed by atoms with E-state index in [1.165, 1.54) is 11.1 Å². The lowest BCUT2D eigenvalue weighted by Gasteiger charge is -2.10. The van der Waals surface area contributed by atoms with Gasteiger partial charge < -0.3 is 14.9 Å². The van der Waals surface area contributed by atoms with Gasteiger partial charge in [0.15, 0.2) is 0 Å². The number of methoxy groups -OCH3 is 1. The van der Waals surface area contributed by atoms with E-state index < -0.39 is 0 Å². The van der Waals surface area contributed by atoms with Gasteiger partial charge in [-0.1, -0.05) is 52.7 Å². The number of aromatic hydroxyl groups is 2. The normalized spacial score (nSPS) is 11.6. The zero-order valence-corrected chi connectivity index (χ0v) is 22.1. The largest absolute Gasteiger partial charge is 0.507 e. The Morgan fingerprint density at radius 1 is 0.694 bits per heavy atom. The van der Waals surface area contributed by atoms with Gasteiger partial charge in [0.05, 0.1) is 18.5 Å². The average Bonchev–Trinajstić information content (AvgIpc) is 2.89. The van der Waals surface area contributed by atoms with E-state index in [2.05, 4.69) is 31.0 Å². The monoisotopic (exact) mass is 486 g/mol. The SMILES string of the molecule is CCCc1cc(C=Nc2ccc(OC)cc2N=Cc2cc(CCC)cc(CC)c2O)c(O)c(CC)c1. The molecule has 0 bridgehead atoms. The van der Waals surface area contributed by atoms with Crippen LogP contribution in [0.25, 0.3) is 0 Å². The molecule has 2 N–H and O–H groups in total. The molecule has 0 saturated carbocycles. The molecule has 36 heavy (non-hydrogen) atoms. The molecule has 0 aliphatic heterocycles. The van der Waals surface area contributed by atoms with Gasteiger partial charge in [-0.3, -0.25) is 9.98 Å². The molecule has 5 nitrogen and oxygen atoms in total. The Morgan fingerprint density at radius 2 is 1.19 bits per heavy atom. The first kappa shape index (κ1) is 27.0. The first-order chi connectivity index (χ1) is 17.4. The Morgan fingerprint density at radius 3 is 1.64 bits per heavy atom. The topological polar surface area (TPSA) is 74.4 Å². The minimum atomic E-state index is 0.263. The number of rotatable bonds is 11. The van der Waals surface area contributed by atoms with Crippen LogP contribution in [0.3, 0.4) is 0 Å². The fraction of sp³-hybridized carbons (Fsp3) is 0.355. The number of aryl methyl sites for hydroxylation is 4. The fourth-order valence-electron chi connectivity index (χ4n) is 4.30. The number of phenolic OH excluding ortho intramolecular Hbond substituents is 2. The predicted molar refractivity (Wildman–Crippen MR) is 150 cm³/mol. The molecule has 0 aromatic heterocycles. The van der Waals surface area contributed by atoms with Crippen molar-refractivity contribution in [2.45, 2.75) is 66.2 Å². The van der Waals surface area contributed by atoms with Crippen molar-refractivity contribution in [2.75, 3.05) is 7.11 Å². The van der Waals surface area contributed by atoms with Crippen LogP contribution in [0.2, 0.25) is 0 Å². The molecular weight excluding hydrogens is 448 g/mol. The number of phenols is 2. The molecule has 0 saturated heterocycles. The molecule has 5 heteroatoms. The van der Waals surface area contributed by atoms with Gasteiger partial charge in [0, 0.05) is 29.6 Å². The summed E-state index contributed by atoms with van der Waals surface area (Å²) >= 11 is 0. The summed E-state index contributed by atoms with van der Waals surface area (Å²) in [5.74, 6) is 1.20. The summed E-state index contributed by atoms with van der Waals surface area (Å²) in [6.07, 6.45) is 8.86. The molecular formula is C31H38N2O3. The van der Waals surface area contributed by atoms with Gasteiger partial charge in [0.2, 0.25) is 0 Å². The Labute approximate surface area is 215 Å². The highest BCUT2D eigenvalue weighted by Gasteiger charge is 2.10. The third kappa shape index (κ3) is 6.54. The lowest BCUT2D eigenvalue weighted by Crippen LogP contribution is -1.94.